The second-order valence-electron chi connectivity index (χ2n) is 9.99. The number of oxime groups is 1. The predicted octanol–water partition coefficient (Wildman–Crippen LogP) is 3.92. The molecular weight excluding hydrogens is 484 g/mol. The minimum absolute atomic E-state index is 0.000163. The van der Waals surface area contributed by atoms with Gasteiger partial charge in [-0.2, -0.15) is 0 Å². The van der Waals surface area contributed by atoms with Gasteiger partial charge in [0.1, 0.15) is 17.5 Å². The quantitative estimate of drug-likeness (QED) is 0.407. The summed E-state index contributed by atoms with van der Waals surface area (Å²) in [6, 6.07) is 11.8. The highest BCUT2D eigenvalue weighted by atomic mass is 32.2. The van der Waals surface area contributed by atoms with Crippen LogP contribution in [-0.4, -0.2) is 44.3 Å². The lowest BCUT2D eigenvalue weighted by Gasteiger charge is -2.36. The smallest absolute Gasteiger partial charge is 0.340 e. The number of anilines is 1. The highest BCUT2D eigenvalue weighted by Gasteiger charge is 2.35. The number of carbonyl (C=O) groups excluding carboxylic acids is 2. The topological polar surface area (TPSA) is 112 Å². The van der Waals surface area contributed by atoms with Gasteiger partial charge in [0.15, 0.2) is 0 Å². The summed E-state index contributed by atoms with van der Waals surface area (Å²) in [5.74, 6) is -0.406. The maximum Gasteiger partial charge on any atom is 0.340 e. The third kappa shape index (κ3) is 6.04. The van der Waals surface area contributed by atoms with Gasteiger partial charge in [-0.05, 0) is 75.9 Å². The Balaban J connectivity index is 1.64. The van der Waals surface area contributed by atoms with Crippen LogP contribution in [0.1, 0.15) is 51.2 Å². The van der Waals surface area contributed by atoms with Crippen molar-refractivity contribution in [2.75, 3.05) is 10.8 Å². The van der Waals surface area contributed by atoms with Crippen LogP contribution in [0.2, 0.25) is 0 Å². The Morgan fingerprint density at radius 3 is 2.64 bits per heavy atom. The summed E-state index contributed by atoms with van der Waals surface area (Å²) in [6.07, 6.45) is 0.560. The van der Waals surface area contributed by atoms with E-state index in [-0.39, 0.29) is 24.3 Å². The molecule has 10 heteroatoms. The zero-order valence-corrected chi connectivity index (χ0v) is 21.6. The Morgan fingerprint density at radius 1 is 1.19 bits per heavy atom. The van der Waals surface area contributed by atoms with Crippen LogP contribution < -0.4 is 9.04 Å². The molecular formula is C26H30N2O7S. The van der Waals surface area contributed by atoms with Gasteiger partial charge in [-0.15, -0.1) is 0 Å². The third-order valence-corrected chi connectivity index (χ3v) is 7.46. The molecule has 1 atom stereocenters. The van der Waals surface area contributed by atoms with E-state index < -0.39 is 33.7 Å². The average Bonchev–Trinajstić information content (AvgIpc) is 3.21. The summed E-state index contributed by atoms with van der Waals surface area (Å²) in [5, 5.41) is 3.77. The molecule has 0 fully saturated rings. The maximum absolute atomic E-state index is 13.8. The molecule has 0 bridgehead atoms. The van der Waals surface area contributed by atoms with Gasteiger partial charge in [-0.3, -0.25) is 9.10 Å². The molecule has 0 spiro atoms. The molecule has 0 saturated carbocycles. The van der Waals surface area contributed by atoms with Crippen LogP contribution in [0.5, 0.6) is 5.75 Å². The Morgan fingerprint density at radius 2 is 1.97 bits per heavy atom. The van der Waals surface area contributed by atoms with E-state index in [9.17, 15) is 18.0 Å². The molecule has 2 aromatic rings. The van der Waals surface area contributed by atoms with E-state index in [1.54, 1.807) is 57.2 Å². The second-order valence-corrected chi connectivity index (χ2v) is 11.9. The van der Waals surface area contributed by atoms with Crippen LogP contribution in [-0.2, 0) is 35.6 Å². The zero-order chi connectivity index (χ0) is 26.1. The summed E-state index contributed by atoms with van der Waals surface area (Å²) in [6.45, 7) is 7.28. The molecule has 9 nitrogen and oxygen atoms in total. The summed E-state index contributed by atoms with van der Waals surface area (Å²) in [5.41, 5.74) is 1.79. The fourth-order valence-electron chi connectivity index (χ4n) is 4.10. The van der Waals surface area contributed by atoms with Gasteiger partial charge in [0.25, 0.3) is 10.0 Å². The van der Waals surface area contributed by atoms with Gasteiger partial charge < -0.3 is 14.3 Å². The largest absolute Gasteiger partial charge is 0.486 e. The number of esters is 1. The van der Waals surface area contributed by atoms with Crippen LogP contribution in [0.4, 0.5) is 5.69 Å². The zero-order valence-electron chi connectivity index (χ0n) is 20.8. The molecule has 0 unspecified atom stereocenters. The molecule has 2 aromatic carbocycles. The number of fused-ring (bicyclic) bond motifs is 1. The molecule has 0 amide bonds. The number of hydrogen-bond acceptors (Lipinski definition) is 8. The molecule has 0 aromatic heterocycles. The van der Waals surface area contributed by atoms with Crippen molar-refractivity contribution in [2.24, 2.45) is 5.16 Å². The van der Waals surface area contributed by atoms with Crippen molar-refractivity contribution in [3.8, 4) is 5.75 Å². The van der Waals surface area contributed by atoms with Crippen LogP contribution in [0.15, 0.2) is 52.5 Å². The number of ether oxygens (including phenoxy) is 2. The van der Waals surface area contributed by atoms with Gasteiger partial charge in [-0.25, -0.2) is 13.2 Å². The van der Waals surface area contributed by atoms with Crippen LogP contribution in [0.25, 0.3) is 0 Å². The minimum Gasteiger partial charge on any atom is -0.486 e. The van der Waals surface area contributed by atoms with E-state index in [1.807, 2.05) is 13.0 Å². The summed E-state index contributed by atoms with van der Waals surface area (Å²) >= 11 is 0. The Bertz CT molecular complexity index is 1310. The second kappa shape index (κ2) is 9.93. The predicted molar refractivity (Wildman–Crippen MR) is 133 cm³/mol. The fraction of sp³-hybridized carbons (Fsp3) is 0.423. The summed E-state index contributed by atoms with van der Waals surface area (Å²) in [4.78, 5) is 28.5. The van der Waals surface area contributed by atoms with Crippen LogP contribution in [0, 0.1) is 6.92 Å². The van der Waals surface area contributed by atoms with Crippen molar-refractivity contribution in [3.63, 3.8) is 0 Å². The number of nitrogens with zero attached hydrogens (tertiary/aromatic N) is 2. The van der Waals surface area contributed by atoms with Crippen LogP contribution in [0.3, 0.4) is 0 Å². The highest BCUT2D eigenvalue weighted by molar-refractivity contribution is 7.92. The van der Waals surface area contributed by atoms with Crippen molar-refractivity contribution in [1.29, 1.82) is 0 Å². The van der Waals surface area contributed by atoms with E-state index in [2.05, 4.69) is 9.99 Å². The average molecular weight is 515 g/mol. The number of hydrogen-bond donors (Lipinski definition) is 0. The highest BCUT2D eigenvalue weighted by Crippen LogP contribution is 2.39. The van der Waals surface area contributed by atoms with Crippen molar-refractivity contribution in [3.05, 3.63) is 53.6 Å². The Kier molecular flexibility index (Phi) is 7.08. The SMILES string of the molecule is Cc1cccc(S(=O)(=O)N2C[C@H](CCC3=NOC(=O)C3)Oc3ccc(CC(=O)OC(C)(C)C)cc32)c1. The van der Waals surface area contributed by atoms with Crippen molar-refractivity contribution in [2.45, 2.75) is 70.0 Å². The fourth-order valence-corrected chi connectivity index (χ4v) is 5.70. The van der Waals surface area contributed by atoms with Crippen molar-refractivity contribution in [1.82, 2.24) is 0 Å². The van der Waals surface area contributed by atoms with Crippen molar-refractivity contribution >= 4 is 33.4 Å². The maximum atomic E-state index is 13.8. The van der Waals surface area contributed by atoms with E-state index in [4.69, 9.17) is 9.47 Å². The lowest BCUT2D eigenvalue weighted by atomic mass is 10.1. The third-order valence-electron chi connectivity index (χ3n) is 5.68. The molecule has 192 valence electrons. The molecule has 4 rings (SSSR count). The molecule has 2 aliphatic rings. The van der Waals surface area contributed by atoms with E-state index in [1.165, 1.54) is 4.31 Å². The number of aryl methyl sites for hydroxylation is 1. The molecule has 0 saturated heterocycles. The van der Waals surface area contributed by atoms with Gasteiger partial charge in [0.05, 0.1) is 35.7 Å². The van der Waals surface area contributed by atoms with Crippen molar-refractivity contribution < 1.29 is 32.3 Å². The van der Waals surface area contributed by atoms with Gasteiger partial charge in [0.2, 0.25) is 0 Å². The molecule has 36 heavy (non-hydrogen) atoms. The number of rotatable bonds is 7. The number of sulfonamides is 1. The number of carbonyl (C=O) groups is 2. The van der Waals surface area contributed by atoms with Gasteiger partial charge in [0, 0.05) is 0 Å². The molecule has 2 heterocycles. The standard InChI is InChI=1S/C26H30N2O7S/c1-17-6-5-7-21(12-17)36(31,32)28-16-20(10-9-19-15-25(30)35-27-19)33-23-11-8-18(13-22(23)28)14-24(29)34-26(2,3)4/h5-8,11-13,20H,9-10,14-16H2,1-4H3/t20-/m0/s1. The van der Waals surface area contributed by atoms with Gasteiger partial charge >= 0.3 is 11.9 Å². The van der Waals surface area contributed by atoms with E-state index in [0.717, 1.165) is 5.56 Å². The molecule has 0 aliphatic carbocycles. The first-order valence-corrected chi connectivity index (χ1v) is 13.2. The van der Waals surface area contributed by atoms with E-state index in [0.29, 0.717) is 35.6 Å². The molecule has 0 N–H and O–H groups in total. The van der Waals surface area contributed by atoms with Gasteiger partial charge in [-0.1, -0.05) is 23.4 Å². The summed E-state index contributed by atoms with van der Waals surface area (Å²) in [7, 11) is -3.92. The first kappa shape index (κ1) is 25.7. The first-order valence-electron chi connectivity index (χ1n) is 11.8. The lowest BCUT2D eigenvalue weighted by molar-refractivity contribution is -0.154. The van der Waals surface area contributed by atoms with Crippen LogP contribution >= 0.6 is 0 Å². The Hall–Kier alpha value is -3.40. The normalized spacial score (nSPS) is 17.7. The monoisotopic (exact) mass is 514 g/mol. The molecule has 0 radical (unpaired) electrons. The lowest BCUT2D eigenvalue weighted by Crippen LogP contribution is -2.43. The molecule has 2 aliphatic heterocycles. The first-order chi connectivity index (χ1) is 16.9. The minimum atomic E-state index is -3.92. The summed E-state index contributed by atoms with van der Waals surface area (Å²) < 4.78 is 40.4. The Labute approximate surface area is 211 Å². The number of benzene rings is 2. The van der Waals surface area contributed by atoms with E-state index >= 15 is 0 Å².